The van der Waals surface area contributed by atoms with Gasteiger partial charge in [-0.25, -0.2) is 0 Å². The molecule has 1 unspecified atom stereocenters. The Labute approximate surface area is 120 Å². The van der Waals surface area contributed by atoms with E-state index in [1.54, 1.807) is 0 Å². The van der Waals surface area contributed by atoms with Crippen molar-refractivity contribution in [2.75, 3.05) is 18.6 Å². The van der Waals surface area contributed by atoms with E-state index in [9.17, 15) is 0 Å². The largest absolute Gasteiger partial charge is 0.463 e. The summed E-state index contributed by atoms with van der Waals surface area (Å²) in [6.45, 7) is 9.14. The first-order valence-electron chi connectivity index (χ1n) is 6.71. The van der Waals surface area contributed by atoms with Gasteiger partial charge < -0.3 is 9.64 Å². The molecule has 0 aliphatic rings. The molecule has 0 aromatic carbocycles. The molecule has 1 aromatic rings. The third-order valence-corrected chi connectivity index (χ3v) is 2.97. The average molecular weight is 287 g/mol. The number of aromatic nitrogens is 3. The normalized spacial score (nSPS) is 12.6. The van der Waals surface area contributed by atoms with Crippen LogP contribution in [-0.4, -0.2) is 34.6 Å². The molecule has 0 aliphatic heterocycles. The SMILES string of the molecule is CCCOc1nc(Cl)nc(N(C)C(C)CC(C)C)n1. The number of hydrogen-bond acceptors (Lipinski definition) is 5. The summed E-state index contributed by atoms with van der Waals surface area (Å²) in [4.78, 5) is 14.4. The quantitative estimate of drug-likeness (QED) is 0.770. The predicted octanol–water partition coefficient (Wildman–Crippen LogP) is 3.18. The van der Waals surface area contributed by atoms with Crippen molar-refractivity contribution in [1.82, 2.24) is 15.0 Å². The van der Waals surface area contributed by atoms with Crippen LogP contribution in [0.4, 0.5) is 5.95 Å². The lowest BCUT2D eigenvalue weighted by molar-refractivity contribution is 0.291. The third-order valence-electron chi connectivity index (χ3n) is 2.80. The summed E-state index contributed by atoms with van der Waals surface area (Å²) in [7, 11) is 1.96. The number of hydrogen-bond donors (Lipinski definition) is 0. The van der Waals surface area contributed by atoms with Crippen LogP contribution in [0.25, 0.3) is 0 Å². The van der Waals surface area contributed by atoms with Crippen LogP contribution in [0.2, 0.25) is 5.28 Å². The van der Waals surface area contributed by atoms with Gasteiger partial charge in [0.1, 0.15) is 0 Å². The molecular formula is C13H23ClN4O. The summed E-state index contributed by atoms with van der Waals surface area (Å²) in [5.41, 5.74) is 0. The van der Waals surface area contributed by atoms with Gasteiger partial charge in [0.25, 0.3) is 0 Å². The minimum Gasteiger partial charge on any atom is -0.463 e. The highest BCUT2D eigenvalue weighted by Crippen LogP contribution is 2.18. The van der Waals surface area contributed by atoms with Gasteiger partial charge in [0.15, 0.2) is 0 Å². The number of ether oxygens (including phenoxy) is 1. The summed E-state index contributed by atoms with van der Waals surface area (Å²) in [5, 5.41) is 0.166. The molecule has 1 atom stereocenters. The molecule has 0 fully saturated rings. The van der Waals surface area contributed by atoms with Crippen LogP contribution in [0.5, 0.6) is 6.01 Å². The molecule has 0 spiro atoms. The zero-order valence-electron chi connectivity index (χ0n) is 12.4. The molecule has 5 nitrogen and oxygen atoms in total. The molecular weight excluding hydrogens is 264 g/mol. The molecule has 0 amide bonds. The summed E-state index contributed by atoms with van der Waals surface area (Å²) in [6.07, 6.45) is 1.96. The molecule has 0 N–H and O–H groups in total. The fourth-order valence-electron chi connectivity index (χ4n) is 1.78. The number of halogens is 1. The van der Waals surface area contributed by atoms with Crippen LogP contribution in [0, 0.1) is 5.92 Å². The second-order valence-electron chi connectivity index (χ2n) is 5.12. The molecule has 108 valence electrons. The number of nitrogens with zero attached hydrogens (tertiary/aromatic N) is 4. The Morgan fingerprint density at radius 2 is 1.89 bits per heavy atom. The Morgan fingerprint density at radius 1 is 1.21 bits per heavy atom. The van der Waals surface area contributed by atoms with Gasteiger partial charge in [-0.05, 0) is 37.3 Å². The van der Waals surface area contributed by atoms with E-state index in [4.69, 9.17) is 16.3 Å². The van der Waals surface area contributed by atoms with Gasteiger partial charge in [0, 0.05) is 13.1 Å². The van der Waals surface area contributed by atoms with Crippen molar-refractivity contribution >= 4 is 17.5 Å². The third kappa shape index (κ3) is 5.19. The first-order valence-corrected chi connectivity index (χ1v) is 7.09. The van der Waals surface area contributed by atoms with Gasteiger partial charge in [-0.2, -0.15) is 15.0 Å². The van der Waals surface area contributed by atoms with Gasteiger partial charge in [-0.1, -0.05) is 20.8 Å². The molecule has 0 aliphatic carbocycles. The minimum absolute atomic E-state index is 0.166. The van der Waals surface area contributed by atoms with E-state index in [1.807, 2.05) is 18.9 Å². The lowest BCUT2D eigenvalue weighted by Crippen LogP contribution is -2.31. The van der Waals surface area contributed by atoms with E-state index in [0.29, 0.717) is 30.5 Å². The zero-order chi connectivity index (χ0) is 14.4. The molecule has 1 rings (SSSR count). The van der Waals surface area contributed by atoms with Gasteiger partial charge in [0.05, 0.1) is 6.61 Å². The lowest BCUT2D eigenvalue weighted by Gasteiger charge is -2.26. The first kappa shape index (κ1) is 16.0. The van der Waals surface area contributed by atoms with E-state index >= 15 is 0 Å². The van der Waals surface area contributed by atoms with Crippen LogP contribution in [0.15, 0.2) is 0 Å². The van der Waals surface area contributed by atoms with Crippen molar-refractivity contribution in [3.63, 3.8) is 0 Å². The monoisotopic (exact) mass is 286 g/mol. The van der Waals surface area contributed by atoms with E-state index in [-0.39, 0.29) is 5.28 Å². The van der Waals surface area contributed by atoms with Crippen LogP contribution in [-0.2, 0) is 0 Å². The molecule has 6 heteroatoms. The zero-order valence-corrected chi connectivity index (χ0v) is 13.1. The maximum absolute atomic E-state index is 5.91. The van der Waals surface area contributed by atoms with Gasteiger partial charge >= 0.3 is 6.01 Å². The van der Waals surface area contributed by atoms with Gasteiger partial charge in [0.2, 0.25) is 11.2 Å². The summed E-state index contributed by atoms with van der Waals surface area (Å²) >= 11 is 5.91. The number of anilines is 1. The van der Waals surface area contributed by atoms with Crippen molar-refractivity contribution < 1.29 is 4.74 Å². The average Bonchev–Trinajstić information content (AvgIpc) is 2.33. The van der Waals surface area contributed by atoms with Crippen molar-refractivity contribution in [3.05, 3.63) is 5.28 Å². The number of rotatable bonds is 7. The standard InChI is InChI=1S/C13H23ClN4O/c1-6-7-19-13-16-11(14)15-12(17-13)18(5)10(4)8-9(2)3/h9-10H,6-8H2,1-5H3. The van der Waals surface area contributed by atoms with E-state index < -0.39 is 0 Å². The highest BCUT2D eigenvalue weighted by atomic mass is 35.5. The maximum Gasteiger partial charge on any atom is 0.322 e. The predicted molar refractivity (Wildman–Crippen MR) is 77.9 cm³/mol. The van der Waals surface area contributed by atoms with Crippen molar-refractivity contribution in [2.24, 2.45) is 5.92 Å². The Kier molecular flexibility index (Phi) is 6.28. The second-order valence-corrected chi connectivity index (χ2v) is 5.46. The maximum atomic E-state index is 5.91. The fraction of sp³-hybridized carbons (Fsp3) is 0.769. The first-order chi connectivity index (χ1) is 8.93. The molecule has 0 radical (unpaired) electrons. The van der Waals surface area contributed by atoms with Crippen LogP contribution in [0.3, 0.4) is 0 Å². The summed E-state index contributed by atoms with van der Waals surface area (Å²) < 4.78 is 5.41. The minimum atomic E-state index is 0.166. The fourth-order valence-corrected chi connectivity index (χ4v) is 1.92. The Balaban J connectivity index is 2.83. The highest BCUT2D eigenvalue weighted by molar-refractivity contribution is 6.28. The second kappa shape index (κ2) is 7.48. The van der Waals surface area contributed by atoms with E-state index in [1.165, 1.54) is 0 Å². The smallest absolute Gasteiger partial charge is 0.322 e. The Hall–Kier alpha value is -1.10. The molecule has 0 saturated heterocycles. The highest BCUT2D eigenvalue weighted by Gasteiger charge is 2.16. The molecule has 0 bridgehead atoms. The molecule has 0 saturated carbocycles. The molecule has 1 heterocycles. The Morgan fingerprint density at radius 3 is 2.47 bits per heavy atom. The van der Waals surface area contributed by atoms with Crippen molar-refractivity contribution in [2.45, 2.75) is 46.6 Å². The topological polar surface area (TPSA) is 51.1 Å². The van der Waals surface area contributed by atoms with Gasteiger partial charge in [-0.15, -0.1) is 0 Å². The summed E-state index contributed by atoms with van der Waals surface area (Å²) in [6, 6.07) is 0.623. The molecule has 1 aromatic heterocycles. The van der Waals surface area contributed by atoms with E-state index in [2.05, 4.69) is 35.7 Å². The van der Waals surface area contributed by atoms with Crippen molar-refractivity contribution in [3.8, 4) is 6.01 Å². The van der Waals surface area contributed by atoms with Gasteiger partial charge in [-0.3, -0.25) is 0 Å². The van der Waals surface area contributed by atoms with E-state index in [0.717, 1.165) is 12.8 Å². The lowest BCUT2D eigenvalue weighted by atomic mass is 10.0. The van der Waals surface area contributed by atoms with Crippen LogP contribution >= 0.6 is 11.6 Å². The molecule has 19 heavy (non-hydrogen) atoms. The summed E-state index contributed by atoms with van der Waals surface area (Å²) in [5.74, 6) is 1.17. The van der Waals surface area contributed by atoms with Crippen molar-refractivity contribution in [1.29, 1.82) is 0 Å². The van der Waals surface area contributed by atoms with Crippen LogP contribution < -0.4 is 9.64 Å². The Bertz CT molecular complexity index is 400. The van der Waals surface area contributed by atoms with Crippen LogP contribution in [0.1, 0.15) is 40.5 Å².